The van der Waals surface area contributed by atoms with Crippen LogP contribution in [0.1, 0.15) is 37.2 Å². The van der Waals surface area contributed by atoms with Crippen molar-refractivity contribution < 1.29 is 14.8 Å². The number of hydrogen-bond acceptors (Lipinski definition) is 5. The second-order valence-corrected chi connectivity index (χ2v) is 8.25. The maximum Gasteiger partial charge on any atom is 0.248 e. The summed E-state index contributed by atoms with van der Waals surface area (Å²) in [6, 6.07) is 1.60. The Morgan fingerprint density at radius 3 is 2.92 bits per heavy atom. The topological polar surface area (TPSA) is 81.7 Å². The predicted molar refractivity (Wildman–Crippen MR) is 89.8 cm³/mol. The fourth-order valence-electron chi connectivity index (χ4n) is 4.21. The number of likely N-dealkylation sites (tertiary alicyclic amines) is 1. The summed E-state index contributed by atoms with van der Waals surface area (Å²) in [5, 5.41) is 16.6. The van der Waals surface area contributed by atoms with E-state index < -0.39 is 17.9 Å². The van der Waals surface area contributed by atoms with E-state index in [-0.39, 0.29) is 11.3 Å². The fourth-order valence-corrected chi connectivity index (χ4v) is 4.95. The molecule has 3 aliphatic rings. The molecule has 4 rings (SSSR count). The van der Waals surface area contributed by atoms with Crippen LogP contribution in [0.15, 0.2) is 16.8 Å². The van der Waals surface area contributed by atoms with Crippen LogP contribution in [0, 0.1) is 11.3 Å². The van der Waals surface area contributed by atoms with Gasteiger partial charge in [0.2, 0.25) is 11.8 Å². The first-order valence-corrected chi connectivity index (χ1v) is 9.54. The molecule has 1 aromatic heterocycles. The van der Waals surface area contributed by atoms with Crippen LogP contribution < -0.4 is 10.8 Å². The first-order valence-electron chi connectivity index (χ1n) is 8.60. The van der Waals surface area contributed by atoms with Gasteiger partial charge in [-0.15, -0.1) is 0 Å². The van der Waals surface area contributed by atoms with Gasteiger partial charge in [-0.1, -0.05) is 0 Å². The summed E-state index contributed by atoms with van der Waals surface area (Å²) in [7, 11) is 0. The van der Waals surface area contributed by atoms with Gasteiger partial charge in [0.25, 0.3) is 0 Å². The first kappa shape index (κ1) is 16.1. The highest BCUT2D eigenvalue weighted by atomic mass is 32.1. The van der Waals surface area contributed by atoms with Gasteiger partial charge in [-0.05, 0) is 53.5 Å². The lowest BCUT2D eigenvalue weighted by atomic mass is 9.81. The van der Waals surface area contributed by atoms with E-state index in [2.05, 4.69) is 22.1 Å². The second kappa shape index (κ2) is 6.13. The number of nitrogens with one attached hydrogen (secondary N) is 2. The van der Waals surface area contributed by atoms with Crippen LogP contribution in [-0.2, 0) is 9.59 Å². The Kier molecular flexibility index (Phi) is 4.10. The SMILES string of the molecule is O=C(NO)C1CC2(CC2)CNC1C(=O)N1CCC(c2ccsc2)C1. The number of hydrogen-bond donors (Lipinski definition) is 3. The Balaban J connectivity index is 1.45. The molecule has 6 nitrogen and oxygen atoms in total. The summed E-state index contributed by atoms with van der Waals surface area (Å²) in [6.07, 6.45) is 3.85. The van der Waals surface area contributed by atoms with Crippen molar-refractivity contribution in [1.82, 2.24) is 15.7 Å². The summed E-state index contributed by atoms with van der Waals surface area (Å²) < 4.78 is 0. The molecular weight excluding hydrogens is 326 g/mol. The molecule has 1 spiro atoms. The minimum Gasteiger partial charge on any atom is -0.341 e. The van der Waals surface area contributed by atoms with Gasteiger partial charge in [0.1, 0.15) is 0 Å². The molecule has 3 fully saturated rings. The van der Waals surface area contributed by atoms with Gasteiger partial charge in [-0.25, -0.2) is 5.48 Å². The van der Waals surface area contributed by atoms with E-state index in [1.807, 2.05) is 4.90 Å². The van der Waals surface area contributed by atoms with Crippen LogP contribution in [0.5, 0.6) is 0 Å². The van der Waals surface area contributed by atoms with Gasteiger partial charge in [0.05, 0.1) is 12.0 Å². The highest BCUT2D eigenvalue weighted by Crippen LogP contribution is 2.52. The van der Waals surface area contributed by atoms with Crippen molar-refractivity contribution in [3.63, 3.8) is 0 Å². The number of amides is 2. The lowest BCUT2D eigenvalue weighted by Crippen LogP contribution is -2.58. The molecule has 130 valence electrons. The van der Waals surface area contributed by atoms with Crippen LogP contribution in [0.4, 0.5) is 0 Å². The van der Waals surface area contributed by atoms with E-state index in [1.54, 1.807) is 16.8 Å². The lowest BCUT2D eigenvalue weighted by molar-refractivity contribution is -0.144. The Bertz CT molecular complexity index is 629. The maximum absolute atomic E-state index is 13.0. The molecule has 1 saturated carbocycles. The van der Waals surface area contributed by atoms with Crippen molar-refractivity contribution in [2.24, 2.45) is 11.3 Å². The van der Waals surface area contributed by atoms with E-state index in [9.17, 15) is 9.59 Å². The number of carbonyl (C=O) groups excluding carboxylic acids is 2. The molecular formula is C17H23N3O3S. The molecule has 24 heavy (non-hydrogen) atoms. The minimum atomic E-state index is -0.524. The van der Waals surface area contributed by atoms with Crippen molar-refractivity contribution in [2.75, 3.05) is 19.6 Å². The highest BCUT2D eigenvalue weighted by Gasteiger charge is 2.53. The lowest BCUT2D eigenvalue weighted by Gasteiger charge is -2.37. The van der Waals surface area contributed by atoms with E-state index >= 15 is 0 Å². The summed E-state index contributed by atoms with van der Waals surface area (Å²) in [4.78, 5) is 27.0. The van der Waals surface area contributed by atoms with E-state index in [4.69, 9.17) is 5.21 Å². The van der Waals surface area contributed by atoms with Crippen molar-refractivity contribution in [3.05, 3.63) is 22.4 Å². The smallest absolute Gasteiger partial charge is 0.248 e. The molecule has 7 heteroatoms. The molecule has 0 aromatic carbocycles. The molecule has 1 aliphatic carbocycles. The second-order valence-electron chi connectivity index (χ2n) is 7.47. The molecule has 1 aromatic rings. The van der Waals surface area contributed by atoms with Gasteiger partial charge in [0.15, 0.2) is 0 Å². The summed E-state index contributed by atoms with van der Waals surface area (Å²) in [6.45, 7) is 2.24. The van der Waals surface area contributed by atoms with E-state index in [0.29, 0.717) is 18.9 Å². The Morgan fingerprint density at radius 1 is 1.42 bits per heavy atom. The largest absolute Gasteiger partial charge is 0.341 e. The molecule has 3 heterocycles. The minimum absolute atomic E-state index is 0.00294. The average molecular weight is 349 g/mol. The van der Waals surface area contributed by atoms with Crippen LogP contribution in [0.2, 0.25) is 0 Å². The van der Waals surface area contributed by atoms with Crippen molar-refractivity contribution in [1.29, 1.82) is 0 Å². The third kappa shape index (κ3) is 2.85. The molecule has 2 saturated heterocycles. The Morgan fingerprint density at radius 2 is 2.25 bits per heavy atom. The summed E-state index contributed by atoms with van der Waals surface area (Å²) >= 11 is 1.68. The molecule has 2 amide bonds. The predicted octanol–water partition coefficient (Wildman–Crippen LogP) is 1.33. The molecule has 2 aliphatic heterocycles. The Hall–Kier alpha value is -1.44. The van der Waals surface area contributed by atoms with Crippen LogP contribution in [0.25, 0.3) is 0 Å². The van der Waals surface area contributed by atoms with Crippen molar-refractivity contribution in [3.8, 4) is 0 Å². The summed E-state index contributed by atoms with van der Waals surface area (Å²) in [5.41, 5.74) is 3.22. The van der Waals surface area contributed by atoms with Gasteiger partial charge < -0.3 is 10.2 Å². The third-order valence-corrected chi connectivity index (χ3v) is 6.64. The standard InChI is InChI=1S/C17H23N3O3S/c21-15(19-23)13-7-17(3-4-17)10-18-14(13)16(22)20-5-1-11(8-20)12-2-6-24-9-12/h2,6,9,11,13-14,18,23H,1,3-5,7-8,10H2,(H,19,21). The molecule has 0 bridgehead atoms. The van der Waals surface area contributed by atoms with E-state index in [0.717, 1.165) is 32.4 Å². The first-order chi connectivity index (χ1) is 11.6. The van der Waals surface area contributed by atoms with Crippen LogP contribution in [0.3, 0.4) is 0 Å². The van der Waals surface area contributed by atoms with Crippen molar-refractivity contribution >= 4 is 23.2 Å². The molecule has 0 radical (unpaired) electrons. The fraction of sp³-hybridized carbons (Fsp3) is 0.647. The zero-order valence-corrected chi connectivity index (χ0v) is 14.3. The molecule has 3 unspecified atom stereocenters. The number of piperidine rings is 1. The maximum atomic E-state index is 13.0. The van der Waals surface area contributed by atoms with E-state index in [1.165, 1.54) is 5.56 Å². The van der Waals surface area contributed by atoms with Crippen LogP contribution in [-0.4, -0.2) is 47.6 Å². The quantitative estimate of drug-likeness (QED) is 0.568. The number of nitrogens with zero attached hydrogens (tertiary/aromatic N) is 1. The average Bonchev–Trinajstić information content (AvgIpc) is 3.03. The van der Waals surface area contributed by atoms with Gasteiger partial charge in [0, 0.05) is 25.6 Å². The summed E-state index contributed by atoms with van der Waals surface area (Å²) in [5.74, 6) is -0.542. The zero-order valence-electron chi connectivity index (χ0n) is 13.5. The van der Waals surface area contributed by atoms with Gasteiger partial charge in [-0.3, -0.25) is 14.8 Å². The van der Waals surface area contributed by atoms with Gasteiger partial charge in [-0.2, -0.15) is 11.3 Å². The number of hydroxylamine groups is 1. The number of rotatable bonds is 3. The number of carbonyl (C=O) groups is 2. The monoisotopic (exact) mass is 349 g/mol. The number of thiophene rings is 1. The zero-order chi connectivity index (χ0) is 16.7. The van der Waals surface area contributed by atoms with Gasteiger partial charge >= 0.3 is 0 Å². The Labute approximate surface area is 145 Å². The molecule has 3 N–H and O–H groups in total. The van der Waals surface area contributed by atoms with Crippen molar-refractivity contribution in [2.45, 2.75) is 37.6 Å². The van der Waals surface area contributed by atoms with Crippen LogP contribution >= 0.6 is 11.3 Å². The third-order valence-electron chi connectivity index (χ3n) is 5.94. The molecule has 3 atom stereocenters. The normalized spacial score (nSPS) is 31.2. The highest BCUT2D eigenvalue weighted by molar-refractivity contribution is 7.08.